The van der Waals surface area contributed by atoms with E-state index in [0.29, 0.717) is 62.7 Å². The molecule has 3 aliphatic heterocycles. The molecule has 0 unspecified atom stereocenters. The molecule has 4 rings (SSSR count). The molecule has 4 N–H and O–H groups in total. The highest BCUT2D eigenvalue weighted by Crippen LogP contribution is 2.39. The zero-order valence-electron chi connectivity index (χ0n) is 37.8. The number of carbonyl (C=O) groups excluding carboxylic acids is 4. The molecule has 4 aliphatic rings. The van der Waals surface area contributed by atoms with Gasteiger partial charge in [-0.2, -0.15) is 5.10 Å². The van der Waals surface area contributed by atoms with Gasteiger partial charge in [0.25, 0.3) is 11.7 Å². The number of fused-ring (bicyclic) bond motifs is 3. The fourth-order valence-corrected chi connectivity index (χ4v) is 9.72. The van der Waals surface area contributed by atoms with Gasteiger partial charge < -0.3 is 43.9 Å². The molecule has 0 aromatic heterocycles. The maximum absolute atomic E-state index is 14.5. The van der Waals surface area contributed by atoms with Gasteiger partial charge in [0.1, 0.15) is 18.2 Å². The van der Waals surface area contributed by atoms with Crippen LogP contribution in [0, 0.1) is 29.6 Å². The Hall–Kier alpha value is -3.31. The fourth-order valence-electron chi connectivity index (χ4n) is 9.72. The molecule has 2 bridgehead atoms. The van der Waals surface area contributed by atoms with E-state index in [1.54, 1.807) is 27.0 Å². The Bertz CT molecular complexity index is 1630. The first kappa shape index (κ1) is 50.3. The van der Waals surface area contributed by atoms with E-state index in [1.807, 2.05) is 19.9 Å². The van der Waals surface area contributed by atoms with Crippen molar-refractivity contribution in [1.82, 2.24) is 10.3 Å². The van der Waals surface area contributed by atoms with Crippen LogP contribution in [0.3, 0.4) is 0 Å². The van der Waals surface area contributed by atoms with Gasteiger partial charge >= 0.3 is 5.97 Å². The first-order chi connectivity index (χ1) is 28.9. The number of cyclic esters (lactones) is 1. The second-order valence-corrected chi connectivity index (χ2v) is 18.1. The van der Waals surface area contributed by atoms with E-state index in [4.69, 9.17) is 23.7 Å². The van der Waals surface area contributed by atoms with E-state index in [0.717, 1.165) is 5.57 Å². The number of amides is 2. The average Bonchev–Trinajstić information content (AvgIpc) is 3.23. The minimum absolute atomic E-state index is 0.00584. The van der Waals surface area contributed by atoms with Crippen molar-refractivity contribution in [3.05, 3.63) is 36.0 Å². The SMILES string of the molecule is C=CC[C@@H]1/C=C(\C)C[C@H](C)C[C@H](OC)[C@H]2O[C@@](O)(C(=O)C(=O)N3CCCC[C@H]3C(=O)O[C@H](/C(C)=C/[C@@H]3CC[C@@H](O)[C@H](OC)C3)[C@H](C)[C@@H](O)C/C1=N/NC(C)=O)[C@H](C)C[C@@H]2OC. The van der Waals surface area contributed by atoms with Gasteiger partial charge in [-0.15, -0.1) is 6.58 Å². The number of hydrogen-bond donors (Lipinski definition) is 4. The van der Waals surface area contributed by atoms with Gasteiger partial charge in [-0.1, -0.05) is 44.6 Å². The summed E-state index contributed by atoms with van der Waals surface area (Å²) in [6.45, 7) is 14.7. The number of nitrogens with zero attached hydrogens (tertiary/aromatic N) is 2. The Balaban J connectivity index is 1.85. The second-order valence-electron chi connectivity index (χ2n) is 18.1. The van der Waals surface area contributed by atoms with Gasteiger partial charge in [0.2, 0.25) is 11.7 Å². The van der Waals surface area contributed by atoms with E-state index in [9.17, 15) is 34.5 Å². The summed E-state index contributed by atoms with van der Waals surface area (Å²) in [5.74, 6) is -7.79. The van der Waals surface area contributed by atoms with Crippen molar-refractivity contribution in [3.63, 3.8) is 0 Å². The third-order valence-corrected chi connectivity index (χ3v) is 13.3. The van der Waals surface area contributed by atoms with E-state index in [1.165, 1.54) is 26.0 Å². The van der Waals surface area contributed by atoms with Crippen molar-refractivity contribution in [1.29, 1.82) is 0 Å². The molecule has 1 saturated carbocycles. The topological polar surface area (TPSA) is 203 Å². The molecule has 61 heavy (non-hydrogen) atoms. The van der Waals surface area contributed by atoms with Crippen LogP contribution < -0.4 is 5.43 Å². The van der Waals surface area contributed by atoms with Gasteiger partial charge in [0, 0.05) is 64.7 Å². The largest absolute Gasteiger partial charge is 0.456 e. The number of ketones is 1. The molecule has 3 heterocycles. The number of aliphatic hydroxyl groups excluding tert-OH is 2. The van der Waals surface area contributed by atoms with Crippen molar-refractivity contribution in [2.75, 3.05) is 27.9 Å². The van der Waals surface area contributed by atoms with Gasteiger partial charge in [-0.3, -0.25) is 14.4 Å². The zero-order valence-corrected chi connectivity index (χ0v) is 37.8. The molecular weight excluding hydrogens is 787 g/mol. The molecule has 0 aromatic rings. The number of piperidine rings is 1. The number of Topliss-reactive ketones (excluding diaryl/α,β-unsaturated/α-hetero) is 1. The Kier molecular flexibility index (Phi) is 18.9. The predicted molar refractivity (Wildman–Crippen MR) is 229 cm³/mol. The Morgan fingerprint density at radius 3 is 2.28 bits per heavy atom. The van der Waals surface area contributed by atoms with Crippen LogP contribution in [0.25, 0.3) is 0 Å². The quantitative estimate of drug-likeness (QED) is 0.115. The number of allylic oxidation sites excluding steroid dienone is 4. The Labute approximate surface area is 362 Å². The third kappa shape index (κ3) is 12.7. The van der Waals surface area contributed by atoms with Crippen LogP contribution in [-0.2, 0) is 42.9 Å². The Morgan fingerprint density at radius 1 is 0.967 bits per heavy atom. The number of esters is 1. The highest BCUT2D eigenvalue weighted by atomic mass is 16.7. The van der Waals surface area contributed by atoms with E-state index in [-0.39, 0.29) is 55.6 Å². The normalized spacial score (nSPS) is 39.6. The van der Waals surface area contributed by atoms with Crippen LogP contribution in [-0.4, -0.2) is 132 Å². The standard InChI is InChI=1S/C46H73N3O12/c1-11-14-33-20-26(2)19-27(3)21-39(58-9)42-40(59-10)23-29(5)46(56,61-42)43(53)44(54)49-18-13-12-15-35(49)45(55)60-41(30(6)37(52)25-34(33)48-47-31(7)50)28(4)22-32-16-17-36(51)38(24-32)57-8/h11,20,22,27,29-30,32-33,35-42,51-52,56H,1,12-19,21,23-25H2,2-10H3,(H,47,50)/b26-20+,28-22+,48-34-/t27-,29+,30+,32-,33+,35-,36+,37-,38+,39-,40-,41+,42+,46+/m0/s1. The molecule has 0 aromatic carbocycles. The molecule has 15 nitrogen and oxygen atoms in total. The summed E-state index contributed by atoms with van der Waals surface area (Å²) in [5.41, 5.74) is 4.74. The van der Waals surface area contributed by atoms with Crippen LogP contribution in [0.15, 0.2) is 41.1 Å². The van der Waals surface area contributed by atoms with E-state index >= 15 is 0 Å². The molecule has 14 atom stereocenters. The lowest BCUT2D eigenvalue weighted by Crippen LogP contribution is -2.64. The van der Waals surface area contributed by atoms with Crippen molar-refractivity contribution >= 4 is 29.3 Å². The summed E-state index contributed by atoms with van der Waals surface area (Å²) in [7, 11) is 4.62. The van der Waals surface area contributed by atoms with Crippen LogP contribution in [0.1, 0.15) is 112 Å². The van der Waals surface area contributed by atoms with Crippen molar-refractivity contribution < 1.29 is 58.2 Å². The lowest BCUT2D eigenvalue weighted by atomic mass is 9.81. The number of methoxy groups -OCH3 is 3. The van der Waals surface area contributed by atoms with Crippen LogP contribution >= 0.6 is 0 Å². The lowest BCUT2D eigenvalue weighted by molar-refractivity contribution is -0.302. The smallest absolute Gasteiger partial charge is 0.329 e. The predicted octanol–water partition coefficient (Wildman–Crippen LogP) is 4.56. The van der Waals surface area contributed by atoms with Crippen LogP contribution in [0.5, 0.6) is 0 Å². The highest BCUT2D eigenvalue weighted by Gasteiger charge is 2.56. The molecule has 0 radical (unpaired) electrons. The monoisotopic (exact) mass is 860 g/mol. The van der Waals surface area contributed by atoms with Gasteiger partial charge in [0.05, 0.1) is 30.5 Å². The highest BCUT2D eigenvalue weighted by molar-refractivity contribution is 6.39. The summed E-state index contributed by atoms with van der Waals surface area (Å²) < 4.78 is 30.0. The number of hydrazone groups is 1. The number of ether oxygens (including phenoxy) is 5. The first-order valence-corrected chi connectivity index (χ1v) is 22.1. The molecule has 2 amide bonds. The zero-order chi connectivity index (χ0) is 45.2. The van der Waals surface area contributed by atoms with E-state index < -0.39 is 77.9 Å². The summed E-state index contributed by atoms with van der Waals surface area (Å²) in [6, 6.07) is -1.15. The summed E-state index contributed by atoms with van der Waals surface area (Å²) in [4.78, 5) is 56.5. The van der Waals surface area contributed by atoms with Crippen LogP contribution in [0.2, 0.25) is 0 Å². The second kappa shape index (κ2) is 22.9. The fraction of sp³-hybridized carbons (Fsp3) is 0.761. The summed E-state index contributed by atoms with van der Waals surface area (Å²) in [6.07, 6.45) is 5.45. The maximum atomic E-state index is 14.5. The van der Waals surface area contributed by atoms with Gasteiger partial charge in [-0.05, 0) is 95.5 Å². The number of nitrogens with one attached hydrogen (secondary N) is 1. The van der Waals surface area contributed by atoms with Crippen molar-refractivity contribution in [2.24, 2.45) is 34.7 Å². The average molecular weight is 860 g/mol. The molecular formula is C46H73N3O12. The van der Waals surface area contributed by atoms with E-state index in [2.05, 4.69) is 30.1 Å². The number of aliphatic hydroxyl groups is 3. The number of hydrogen-bond acceptors (Lipinski definition) is 13. The first-order valence-electron chi connectivity index (χ1n) is 22.1. The lowest BCUT2D eigenvalue weighted by Gasteiger charge is -2.47. The minimum atomic E-state index is -2.52. The number of carbonyl (C=O) groups is 4. The minimum Gasteiger partial charge on any atom is -0.456 e. The summed E-state index contributed by atoms with van der Waals surface area (Å²) >= 11 is 0. The van der Waals surface area contributed by atoms with Gasteiger partial charge in [-0.25, -0.2) is 10.2 Å². The maximum Gasteiger partial charge on any atom is 0.329 e. The molecule has 344 valence electrons. The molecule has 15 heteroatoms. The molecule has 3 fully saturated rings. The molecule has 2 saturated heterocycles. The van der Waals surface area contributed by atoms with Crippen molar-refractivity contribution in [3.8, 4) is 0 Å². The van der Waals surface area contributed by atoms with Crippen LogP contribution in [0.4, 0.5) is 0 Å². The van der Waals surface area contributed by atoms with Gasteiger partial charge in [0.15, 0.2) is 0 Å². The Morgan fingerprint density at radius 2 is 1.64 bits per heavy atom. The molecule has 1 aliphatic carbocycles. The summed E-state index contributed by atoms with van der Waals surface area (Å²) in [5, 5.41) is 39.2. The number of rotatable bonds is 8. The van der Waals surface area contributed by atoms with Crippen molar-refractivity contribution in [2.45, 2.75) is 167 Å². The molecule has 0 spiro atoms. The third-order valence-electron chi connectivity index (χ3n) is 13.3.